The van der Waals surface area contributed by atoms with E-state index in [0.29, 0.717) is 17.4 Å². The van der Waals surface area contributed by atoms with E-state index in [1.165, 1.54) is 11.9 Å². The highest BCUT2D eigenvalue weighted by molar-refractivity contribution is 7.97. The SMILES string of the molecule is COc1ccc(SNC(C)C)cc1C#N. The highest BCUT2D eigenvalue weighted by Gasteiger charge is 2.04. The first-order chi connectivity index (χ1) is 7.17. The van der Waals surface area contributed by atoms with Crippen molar-refractivity contribution in [2.24, 2.45) is 0 Å². The maximum absolute atomic E-state index is 8.89. The highest BCUT2D eigenvalue weighted by atomic mass is 32.2. The van der Waals surface area contributed by atoms with Crippen LogP contribution in [-0.4, -0.2) is 13.2 Å². The summed E-state index contributed by atoms with van der Waals surface area (Å²) in [6, 6.07) is 8.07. The number of benzene rings is 1. The molecule has 1 rings (SSSR count). The molecule has 3 nitrogen and oxygen atoms in total. The molecule has 0 aliphatic carbocycles. The highest BCUT2D eigenvalue weighted by Crippen LogP contribution is 2.24. The Bertz CT molecular complexity index is 371. The summed E-state index contributed by atoms with van der Waals surface area (Å²) in [7, 11) is 1.56. The molecule has 0 aliphatic heterocycles. The number of hydrogen-bond acceptors (Lipinski definition) is 4. The van der Waals surface area contributed by atoms with Gasteiger partial charge < -0.3 is 4.74 Å². The molecule has 0 saturated heterocycles. The predicted molar refractivity (Wildman–Crippen MR) is 61.8 cm³/mol. The Labute approximate surface area is 94.6 Å². The van der Waals surface area contributed by atoms with Crippen molar-refractivity contribution in [3.8, 4) is 11.8 Å². The number of methoxy groups -OCH3 is 1. The molecule has 0 aromatic heterocycles. The number of hydrogen-bond donors (Lipinski definition) is 1. The van der Waals surface area contributed by atoms with Crippen LogP contribution in [0, 0.1) is 11.3 Å². The number of rotatable bonds is 4. The van der Waals surface area contributed by atoms with Gasteiger partial charge in [-0.1, -0.05) is 0 Å². The third-order valence-electron chi connectivity index (χ3n) is 1.70. The van der Waals surface area contributed by atoms with Gasteiger partial charge in [-0.05, 0) is 44.0 Å². The first-order valence-corrected chi connectivity index (χ1v) is 5.49. The van der Waals surface area contributed by atoms with Gasteiger partial charge in [0.25, 0.3) is 0 Å². The number of nitriles is 1. The Morgan fingerprint density at radius 2 is 2.20 bits per heavy atom. The lowest BCUT2D eigenvalue weighted by molar-refractivity contribution is 0.413. The molecular formula is C11H14N2OS. The van der Waals surface area contributed by atoms with Gasteiger partial charge in [0.15, 0.2) is 0 Å². The molecule has 4 heteroatoms. The van der Waals surface area contributed by atoms with Crippen molar-refractivity contribution in [1.82, 2.24) is 4.72 Å². The predicted octanol–water partition coefficient (Wildman–Crippen LogP) is 2.57. The zero-order chi connectivity index (χ0) is 11.3. The molecule has 15 heavy (non-hydrogen) atoms. The fraction of sp³-hybridized carbons (Fsp3) is 0.364. The number of nitrogens with one attached hydrogen (secondary N) is 1. The fourth-order valence-electron chi connectivity index (χ4n) is 1.02. The summed E-state index contributed by atoms with van der Waals surface area (Å²) >= 11 is 1.52. The van der Waals surface area contributed by atoms with Gasteiger partial charge in [-0.2, -0.15) is 5.26 Å². The van der Waals surface area contributed by atoms with Crippen molar-refractivity contribution in [3.05, 3.63) is 23.8 Å². The van der Waals surface area contributed by atoms with Crippen LogP contribution in [-0.2, 0) is 0 Å². The van der Waals surface area contributed by atoms with Crippen molar-refractivity contribution in [2.45, 2.75) is 24.8 Å². The normalized spacial score (nSPS) is 10.1. The number of nitrogens with zero attached hydrogens (tertiary/aromatic N) is 1. The van der Waals surface area contributed by atoms with Crippen LogP contribution in [0.5, 0.6) is 5.75 Å². The second-order valence-corrected chi connectivity index (χ2v) is 4.26. The van der Waals surface area contributed by atoms with Crippen molar-refractivity contribution in [3.63, 3.8) is 0 Å². The van der Waals surface area contributed by atoms with E-state index < -0.39 is 0 Å². The Morgan fingerprint density at radius 1 is 1.47 bits per heavy atom. The summed E-state index contributed by atoms with van der Waals surface area (Å²) in [5, 5.41) is 8.89. The van der Waals surface area contributed by atoms with Gasteiger partial charge in [-0.25, -0.2) is 0 Å². The van der Waals surface area contributed by atoms with E-state index in [1.54, 1.807) is 7.11 Å². The van der Waals surface area contributed by atoms with Crippen LogP contribution in [0.2, 0.25) is 0 Å². The molecule has 1 N–H and O–H groups in total. The molecule has 0 fully saturated rings. The Balaban J connectivity index is 2.80. The van der Waals surface area contributed by atoms with E-state index in [1.807, 2.05) is 18.2 Å². The topological polar surface area (TPSA) is 45.0 Å². The summed E-state index contributed by atoms with van der Waals surface area (Å²) in [4.78, 5) is 1.01. The Morgan fingerprint density at radius 3 is 2.73 bits per heavy atom. The van der Waals surface area contributed by atoms with Crippen LogP contribution in [0.3, 0.4) is 0 Å². The number of ether oxygens (including phenoxy) is 1. The second kappa shape index (κ2) is 5.64. The monoisotopic (exact) mass is 222 g/mol. The van der Waals surface area contributed by atoms with Crippen LogP contribution in [0.4, 0.5) is 0 Å². The maximum Gasteiger partial charge on any atom is 0.136 e. The third-order valence-corrected chi connectivity index (χ3v) is 2.78. The van der Waals surface area contributed by atoms with E-state index >= 15 is 0 Å². The molecule has 0 atom stereocenters. The van der Waals surface area contributed by atoms with Crippen LogP contribution in [0.15, 0.2) is 23.1 Å². The minimum Gasteiger partial charge on any atom is -0.495 e. The minimum atomic E-state index is 0.405. The lowest BCUT2D eigenvalue weighted by atomic mass is 10.2. The molecular weight excluding hydrogens is 208 g/mol. The average molecular weight is 222 g/mol. The van der Waals surface area contributed by atoms with E-state index in [0.717, 1.165) is 4.90 Å². The molecule has 0 spiro atoms. The minimum absolute atomic E-state index is 0.405. The second-order valence-electron chi connectivity index (χ2n) is 3.35. The van der Waals surface area contributed by atoms with Gasteiger partial charge in [0.05, 0.1) is 12.7 Å². The van der Waals surface area contributed by atoms with Gasteiger partial charge >= 0.3 is 0 Å². The van der Waals surface area contributed by atoms with E-state index in [4.69, 9.17) is 10.00 Å². The molecule has 0 bridgehead atoms. The third kappa shape index (κ3) is 3.46. The van der Waals surface area contributed by atoms with Crippen molar-refractivity contribution in [1.29, 1.82) is 5.26 Å². The van der Waals surface area contributed by atoms with Crippen molar-refractivity contribution in [2.75, 3.05) is 7.11 Å². The average Bonchev–Trinajstić information content (AvgIpc) is 2.25. The largest absolute Gasteiger partial charge is 0.495 e. The summed E-state index contributed by atoms with van der Waals surface area (Å²) in [5.74, 6) is 0.617. The van der Waals surface area contributed by atoms with E-state index in [2.05, 4.69) is 24.6 Å². The summed E-state index contributed by atoms with van der Waals surface area (Å²) < 4.78 is 8.28. The fourth-order valence-corrected chi connectivity index (χ4v) is 1.71. The lowest BCUT2D eigenvalue weighted by Gasteiger charge is -2.08. The lowest BCUT2D eigenvalue weighted by Crippen LogP contribution is -2.13. The molecule has 1 aromatic carbocycles. The molecule has 0 amide bonds. The van der Waals surface area contributed by atoms with Gasteiger partial charge in [0.2, 0.25) is 0 Å². The summed E-state index contributed by atoms with van der Waals surface area (Å²) in [5.41, 5.74) is 0.563. The standard InChI is InChI=1S/C11H14N2OS/c1-8(2)13-15-10-4-5-11(14-3)9(6-10)7-12/h4-6,8,13H,1-3H3. The Hall–Kier alpha value is -1.18. The van der Waals surface area contributed by atoms with Crippen LogP contribution in [0.1, 0.15) is 19.4 Å². The van der Waals surface area contributed by atoms with Gasteiger partial charge in [-0.15, -0.1) is 0 Å². The van der Waals surface area contributed by atoms with E-state index in [9.17, 15) is 0 Å². The molecule has 0 radical (unpaired) electrons. The molecule has 0 heterocycles. The van der Waals surface area contributed by atoms with Gasteiger partial charge in [0.1, 0.15) is 11.8 Å². The van der Waals surface area contributed by atoms with Gasteiger partial charge in [-0.3, -0.25) is 4.72 Å². The smallest absolute Gasteiger partial charge is 0.136 e. The summed E-state index contributed by atoms with van der Waals surface area (Å²) in [6.45, 7) is 4.14. The van der Waals surface area contributed by atoms with Crippen LogP contribution in [0.25, 0.3) is 0 Å². The molecule has 80 valence electrons. The van der Waals surface area contributed by atoms with Gasteiger partial charge in [0, 0.05) is 10.9 Å². The maximum atomic E-state index is 8.89. The van der Waals surface area contributed by atoms with Crippen molar-refractivity contribution >= 4 is 11.9 Å². The molecule has 0 aliphatic rings. The molecule has 0 saturated carbocycles. The van der Waals surface area contributed by atoms with Crippen LogP contribution >= 0.6 is 11.9 Å². The zero-order valence-electron chi connectivity index (χ0n) is 9.07. The van der Waals surface area contributed by atoms with E-state index in [-0.39, 0.29) is 0 Å². The first-order valence-electron chi connectivity index (χ1n) is 4.68. The first kappa shape index (κ1) is 11.9. The van der Waals surface area contributed by atoms with Crippen LogP contribution < -0.4 is 9.46 Å². The molecule has 1 aromatic rings. The molecule has 0 unspecified atom stereocenters. The summed E-state index contributed by atoms with van der Waals surface area (Å²) in [6.07, 6.45) is 0. The zero-order valence-corrected chi connectivity index (χ0v) is 9.89. The quantitative estimate of drug-likeness (QED) is 0.795. The Kier molecular flexibility index (Phi) is 4.47. The van der Waals surface area contributed by atoms with Crippen molar-refractivity contribution < 1.29 is 4.74 Å².